The quantitative estimate of drug-likeness (QED) is 0.442. The van der Waals surface area contributed by atoms with Gasteiger partial charge in [-0.3, -0.25) is 4.79 Å². The molecule has 2 aliphatic heterocycles. The molecular formula is C28H27ClF2N4O3. The number of guanidine groups is 1. The second-order valence-electron chi connectivity index (χ2n) is 9.30. The molecule has 0 amide bonds. The van der Waals surface area contributed by atoms with Gasteiger partial charge in [0.2, 0.25) is 5.96 Å². The lowest BCUT2D eigenvalue weighted by atomic mass is 9.96. The van der Waals surface area contributed by atoms with Gasteiger partial charge in [0.05, 0.1) is 25.3 Å². The summed E-state index contributed by atoms with van der Waals surface area (Å²) in [6, 6.07) is 13.7. The largest absolute Gasteiger partial charge is 0.495 e. The predicted octanol–water partition coefficient (Wildman–Crippen LogP) is 5.78. The van der Waals surface area contributed by atoms with Crippen molar-refractivity contribution in [3.05, 3.63) is 82.4 Å². The van der Waals surface area contributed by atoms with Gasteiger partial charge in [0.25, 0.3) is 0 Å². The number of aryl methyl sites for hydroxylation is 1. The molecule has 7 nitrogen and oxygen atoms in total. The summed E-state index contributed by atoms with van der Waals surface area (Å²) in [6.07, 6.45) is -0.282. The molecule has 0 spiro atoms. The highest BCUT2D eigenvalue weighted by Gasteiger charge is 2.38. The van der Waals surface area contributed by atoms with Crippen molar-refractivity contribution in [2.24, 2.45) is 4.99 Å². The van der Waals surface area contributed by atoms with E-state index in [1.807, 2.05) is 22.8 Å². The van der Waals surface area contributed by atoms with Crippen molar-refractivity contribution in [1.29, 1.82) is 0 Å². The Labute approximate surface area is 224 Å². The number of halogens is 3. The zero-order valence-corrected chi connectivity index (χ0v) is 21.8. The van der Waals surface area contributed by atoms with E-state index in [4.69, 9.17) is 21.3 Å². The molecule has 0 radical (unpaired) electrons. The number of fused-ring (bicyclic) bond motifs is 1. The van der Waals surface area contributed by atoms with Crippen LogP contribution in [0.2, 0.25) is 5.02 Å². The van der Waals surface area contributed by atoms with Crippen molar-refractivity contribution in [3.8, 4) is 5.75 Å². The fraction of sp³-hybridized carbons (Fsp3) is 0.286. The minimum absolute atomic E-state index is 0.135. The van der Waals surface area contributed by atoms with Crippen LogP contribution in [0.4, 0.5) is 25.8 Å². The molecule has 5 rings (SSSR count). The van der Waals surface area contributed by atoms with Gasteiger partial charge in [-0.25, -0.2) is 13.8 Å². The summed E-state index contributed by atoms with van der Waals surface area (Å²) in [5.41, 5.74) is 2.90. The molecule has 3 aromatic rings. The summed E-state index contributed by atoms with van der Waals surface area (Å²) in [6.45, 7) is 4.15. The van der Waals surface area contributed by atoms with Gasteiger partial charge in [-0.2, -0.15) is 0 Å². The van der Waals surface area contributed by atoms with Crippen molar-refractivity contribution in [1.82, 2.24) is 4.90 Å². The van der Waals surface area contributed by atoms with Crippen molar-refractivity contribution in [2.75, 3.05) is 43.1 Å². The lowest BCUT2D eigenvalue weighted by Crippen LogP contribution is -2.55. The van der Waals surface area contributed by atoms with Crippen LogP contribution in [-0.4, -0.2) is 55.2 Å². The third kappa shape index (κ3) is 4.86. The van der Waals surface area contributed by atoms with Gasteiger partial charge in [0, 0.05) is 48.5 Å². The van der Waals surface area contributed by atoms with Gasteiger partial charge in [0.1, 0.15) is 23.1 Å². The van der Waals surface area contributed by atoms with E-state index in [0.29, 0.717) is 54.2 Å². The van der Waals surface area contributed by atoms with E-state index >= 15 is 4.39 Å². The van der Waals surface area contributed by atoms with Crippen LogP contribution in [0.1, 0.15) is 23.6 Å². The topological polar surface area (TPSA) is 68.6 Å². The summed E-state index contributed by atoms with van der Waals surface area (Å²) in [5.74, 6) is -0.945. The molecule has 2 aliphatic rings. The van der Waals surface area contributed by atoms with Gasteiger partial charge < -0.3 is 24.5 Å². The van der Waals surface area contributed by atoms with E-state index in [1.54, 1.807) is 30.3 Å². The van der Waals surface area contributed by atoms with E-state index < -0.39 is 17.8 Å². The van der Waals surface area contributed by atoms with Crippen molar-refractivity contribution >= 4 is 40.6 Å². The normalized spacial score (nSPS) is 17.2. The molecule has 0 aliphatic carbocycles. The molecule has 3 aromatic carbocycles. The Balaban J connectivity index is 1.59. The van der Waals surface area contributed by atoms with Gasteiger partial charge in [-0.1, -0.05) is 23.7 Å². The maximum absolute atomic E-state index is 15.1. The Morgan fingerprint density at radius 1 is 1.08 bits per heavy atom. The average Bonchev–Trinajstić information content (AvgIpc) is 2.90. The number of aliphatic carboxylic acids is 1. The standard InChI is InChI=1S/C28H27ClF2N4O3/c1-17-14-24(25(38-2)15-21(17)29)35-23(16-26(36)37)20-4-3-5-22(31)27(20)32-28(35)34-12-10-33(11-13-34)19-8-6-18(30)7-9-19/h3-9,14-15,23H,10-13,16H2,1-2H3,(H,36,37). The summed E-state index contributed by atoms with van der Waals surface area (Å²) in [5, 5.41) is 10.4. The number of nitrogens with zero attached hydrogens (tertiary/aromatic N) is 4. The second kappa shape index (κ2) is 10.5. The molecule has 1 saturated heterocycles. The van der Waals surface area contributed by atoms with Crippen LogP contribution in [0.3, 0.4) is 0 Å². The lowest BCUT2D eigenvalue weighted by molar-refractivity contribution is -0.137. The summed E-state index contributed by atoms with van der Waals surface area (Å²) in [4.78, 5) is 22.8. The Morgan fingerprint density at radius 2 is 1.76 bits per heavy atom. The number of carboxylic acids is 1. The Morgan fingerprint density at radius 3 is 2.42 bits per heavy atom. The fourth-order valence-electron chi connectivity index (χ4n) is 5.03. The minimum atomic E-state index is -1.03. The van der Waals surface area contributed by atoms with E-state index in [9.17, 15) is 14.3 Å². The number of ether oxygens (including phenoxy) is 1. The number of aliphatic imine (C=N–C) groups is 1. The molecule has 10 heteroatoms. The molecule has 1 fully saturated rings. The number of hydrogen-bond donors (Lipinski definition) is 1. The predicted molar refractivity (Wildman–Crippen MR) is 144 cm³/mol. The van der Waals surface area contributed by atoms with Crippen LogP contribution in [-0.2, 0) is 4.79 Å². The van der Waals surface area contributed by atoms with Crippen LogP contribution in [0.25, 0.3) is 0 Å². The molecule has 0 bridgehead atoms. The monoisotopic (exact) mass is 540 g/mol. The summed E-state index contributed by atoms with van der Waals surface area (Å²) < 4.78 is 34.1. The number of para-hydroxylation sites is 1. The summed E-state index contributed by atoms with van der Waals surface area (Å²) in [7, 11) is 1.52. The van der Waals surface area contributed by atoms with Gasteiger partial charge in [-0.05, 0) is 48.9 Å². The Kier molecular flexibility index (Phi) is 7.12. The molecule has 198 valence electrons. The third-order valence-electron chi connectivity index (χ3n) is 6.96. The van der Waals surface area contributed by atoms with Gasteiger partial charge >= 0.3 is 5.97 Å². The van der Waals surface area contributed by atoms with Crippen LogP contribution in [0.15, 0.2) is 59.6 Å². The molecule has 0 aromatic heterocycles. The lowest BCUT2D eigenvalue weighted by Gasteiger charge is -2.45. The molecular weight excluding hydrogens is 514 g/mol. The minimum Gasteiger partial charge on any atom is -0.495 e. The number of methoxy groups -OCH3 is 1. The van der Waals surface area contributed by atoms with Gasteiger partial charge in [-0.15, -0.1) is 0 Å². The highest BCUT2D eigenvalue weighted by Crippen LogP contribution is 2.45. The van der Waals surface area contributed by atoms with E-state index in [-0.39, 0.29) is 17.9 Å². The number of hydrogen-bond acceptors (Lipinski definition) is 6. The highest BCUT2D eigenvalue weighted by molar-refractivity contribution is 6.31. The van der Waals surface area contributed by atoms with E-state index in [2.05, 4.69) is 4.90 Å². The summed E-state index contributed by atoms with van der Waals surface area (Å²) >= 11 is 6.38. The SMILES string of the molecule is COc1cc(Cl)c(C)cc1N1C(N2CCN(c3ccc(F)cc3)CC2)=Nc2c(F)cccc2C1CC(=O)O. The zero-order valence-electron chi connectivity index (χ0n) is 21.0. The van der Waals surface area contributed by atoms with Crippen molar-refractivity contribution in [3.63, 3.8) is 0 Å². The smallest absolute Gasteiger partial charge is 0.305 e. The third-order valence-corrected chi connectivity index (χ3v) is 7.37. The fourth-order valence-corrected chi connectivity index (χ4v) is 5.19. The van der Waals surface area contributed by atoms with Crippen molar-refractivity contribution in [2.45, 2.75) is 19.4 Å². The first-order chi connectivity index (χ1) is 18.3. The first-order valence-corrected chi connectivity index (χ1v) is 12.6. The van der Waals surface area contributed by atoms with Crippen LogP contribution >= 0.6 is 11.6 Å². The Hall–Kier alpha value is -3.85. The van der Waals surface area contributed by atoms with Crippen LogP contribution < -0.4 is 14.5 Å². The Bertz CT molecular complexity index is 1390. The average molecular weight is 541 g/mol. The first-order valence-electron chi connectivity index (χ1n) is 12.2. The second-order valence-corrected chi connectivity index (χ2v) is 9.70. The van der Waals surface area contributed by atoms with Gasteiger partial charge in [0.15, 0.2) is 0 Å². The number of carbonyl (C=O) groups is 1. The first kappa shape index (κ1) is 25.8. The number of piperazine rings is 1. The maximum atomic E-state index is 15.1. The molecule has 2 heterocycles. The molecule has 38 heavy (non-hydrogen) atoms. The number of rotatable bonds is 5. The molecule has 0 saturated carbocycles. The number of carboxylic acid groups (broad SMARTS) is 1. The molecule has 1 N–H and O–H groups in total. The van der Waals surface area contributed by atoms with Crippen LogP contribution in [0.5, 0.6) is 5.75 Å². The number of benzene rings is 3. The van der Waals surface area contributed by atoms with E-state index in [1.165, 1.54) is 25.3 Å². The molecule has 1 atom stereocenters. The van der Waals surface area contributed by atoms with Crippen molar-refractivity contribution < 1.29 is 23.4 Å². The zero-order chi connectivity index (χ0) is 27.0. The van der Waals surface area contributed by atoms with Crippen LogP contribution in [0, 0.1) is 18.6 Å². The molecule has 1 unspecified atom stereocenters. The maximum Gasteiger partial charge on any atom is 0.305 e. The number of anilines is 2. The van der Waals surface area contributed by atoms with E-state index in [0.717, 1.165) is 11.3 Å². The highest BCUT2D eigenvalue weighted by atomic mass is 35.5.